The van der Waals surface area contributed by atoms with E-state index in [1.54, 1.807) is 42.2 Å². The maximum absolute atomic E-state index is 12.8. The predicted octanol–water partition coefficient (Wildman–Crippen LogP) is 2.55. The Labute approximate surface area is 160 Å². The number of hydrogen-bond donors (Lipinski definition) is 1. The summed E-state index contributed by atoms with van der Waals surface area (Å²) < 4.78 is 34.5. The Morgan fingerprint density at radius 2 is 1.96 bits per heavy atom. The molecule has 0 spiro atoms. The second-order valence-corrected chi connectivity index (χ2v) is 8.14. The van der Waals surface area contributed by atoms with Crippen LogP contribution in [0.2, 0.25) is 0 Å². The molecule has 0 bridgehead atoms. The summed E-state index contributed by atoms with van der Waals surface area (Å²) >= 11 is 1.28. The lowest BCUT2D eigenvalue weighted by atomic mass is 10.2. The molecule has 10 heteroatoms. The Balaban J connectivity index is 1.91. The Kier molecular flexibility index (Phi) is 5.47. The number of nitrogens with zero attached hydrogens (tertiary/aromatic N) is 3. The van der Waals surface area contributed by atoms with Crippen molar-refractivity contribution in [2.24, 2.45) is 7.05 Å². The first-order chi connectivity index (χ1) is 12.9. The van der Waals surface area contributed by atoms with Crippen molar-refractivity contribution in [3.8, 4) is 0 Å². The largest absolute Gasteiger partial charge is 0.465 e. The smallest absolute Gasteiger partial charge is 0.337 e. The molecule has 3 rings (SSSR count). The van der Waals surface area contributed by atoms with Gasteiger partial charge < -0.3 is 9.30 Å². The van der Waals surface area contributed by atoms with Crippen molar-refractivity contribution < 1.29 is 17.9 Å². The van der Waals surface area contributed by atoms with E-state index in [4.69, 9.17) is 0 Å². The third-order valence-corrected chi connectivity index (χ3v) is 6.06. The minimum Gasteiger partial charge on any atom is -0.465 e. The summed E-state index contributed by atoms with van der Waals surface area (Å²) in [5.41, 5.74) is 0.552. The van der Waals surface area contributed by atoms with E-state index in [1.165, 1.54) is 43.1 Å². The van der Waals surface area contributed by atoms with Crippen molar-refractivity contribution >= 4 is 33.4 Å². The fourth-order valence-corrected chi connectivity index (χ4v) is 4.26. The molecular formula is C17H16N4O4S2. The normalized spacial score (nSPS) is 11.2. The van der Waals surface area contributed by atoms with Gasteiger partial charge in [0.25, 0.3) is 10.0 Å². The second kappa shape index (κ2) is 7.80. The zero-order valence-electron chi connectivity index (χ0n) is 14.5. The highest BCUT2D eigenvalue weighted by atomic mass is 32.2. The number of carbonyl (C=O) groups excluding carboxylic acids is 1. The average Bonchev–Trinajstić information content (AvgIpc) is 3.07. The Bertz CT molecular complexity index is 1080. The average molecular weight is 404 g/mol. The number of para-hydroxylation sites is 1. The summed E-state index contributed by atoms with van der Waals surface area (Å²) in [6, 6.07) is 12.6. The maximum atomic E-state index is 12.8. The second-order valence-electron chi connectivity index (χ2n) is 5.45. The fraction of sp³-hybridized carbons (Fsp3) is 0.118. The van der Waals surface area contributed by atoms with E-state index in [-0.39, 0.29) is 10.5 Å². The van der Waals surface area contributed by atoms with Gasteiger partial charge in [-0.3, -0.25) is 4.72 Å². The molecule has 0 unspecified atom stereocenters. The number of benzene rings is 2. The number of ether oxygens (including phenoxy) is 1. The minimum atomic E-state index is -3.90. The van der Waals surface area contributed by atoms with E-state index in [1.807, 2.05) is 0 Å². The monoisotopic (exact) mass is 404 g/mol. The van der Waals surface area contributed by atoms with Crippen LogP contribution >= 0.6 is 11.8 Å². The van der Waals surface area contributed by atoms with Crippen LogP contribution in [0.15, 0.2) is 69.8 Å². The molecule has 0 aliphatic rings. The van der Waals surface area contributed by atoms with Gasteiger partial charge in [0.2, 0.25) is 0 Å². The van der Waals surface area contributed by atoms with Crippen LogP contribution in [0, 0.1) is 0 Å². The van der Waals surface area contributed by atoms with E-state index in [2.05, 4.69) is 19.7 Å². The van der Waals surface area contributed by atoms with E-state index < -0.39 is 16.0 Å². The van der Waals surface area contributed by atoms with Gasteiger partial charge in [0, 0.05) is 11.9 Å². The summed E-state index contributed by atoms with van der Waals surface area (Å²) in [5, 5.41) is 8.43. The summed E-state index contributed by atoms with van der Waals surface area (Å²) in [6.07, 6.45) is 1.56. The molecule has 27 heavy (non-hydrogen) atoms. The number of hydrogen-bond acceptors (Lipinski definition) is 7. The molecule has 140 valence electrons. The zero-order valence-corrected chi connectivity index (χ0v) is 16.1. The lowest BCUT2D eigenvalue weighted by Crippen LogP contribution is -2.14. The number of sulfonamides is 1. The van der Waals surface area contributed by atoms with Crippen LogP contribution in [0.1, 0.15) is 10.4 Å². The van der Waals surface area contributed by atoms with Gasteiger partial charge in [-0.15, -0.1) is 10.2 Å². The van der Waals surface area contributed by atoms with Gasteiger partial charge in [-0.25, -0.2) is 13.2 Å². The van der Waals surface area contributed by atoms with Crippen LogP contribution in [-0.2, 0) is 21.8 Å². The minimum absolute atomic E-state index is 0.0381. The van der Waals surface area contributed by atoms with Crippen LogP contribution < -0.4 is 4.72 Å². The van der Waals surface area contributed by atoms with Gasteiger partial charge >= 0.3 is 5.97 Å². The maximum Gasteiger partial charge on any atom is 0.337 e. The number of aryl methyl sites for hydroxylation is 1. The van der Waals surface area contributed by atoms with Gasteiger partial charge in [-0.05, 0) is 42.1 Å². The highest BCUT2D eigenvalue weighted by Gasteiger charge is 2.19. The molecule has 0 saturated carbocycles. The first-order valence-electron chi connectivity index (χ1n) is 7.73. The zero-order chi connectivity index (χ0) is 19.4. The van der Waals surface area contributed by atoms with Crippen LogP contribution in [-0.4, -0.2) is 36.3 Å². The van der Waals surface area contributed by atoms with E-state index in [9.17, 15) is 13.2 Å². The third-order valence-electron chi connectivity index (χ3n) is 3.57. The number of rotatable bonds is 6. The molecule has 3 aromatic rings. The van der Waals surface area contributed by atoms with Crippen LogP contribution in [0.4, 0.5) is 5.69 Å². The lowest BCUT2D eigenvalue weighted by molar-refractivity contribution is 0.0600. The molecule has 1 N–H and O–H groups in total. The highest BCUT2D eigenvalue weighted by molar-refractivity contribution is 7.99. The lowest BCUT2D eigenvalue weighted by Gasteiger charge is -2.12. The molecule has 0 saturated heterocycles. The molecule has 0 aliphatic heterocycles. The molecule has 0 amide bonds. The van der Waals surface area contributed by atoms with Crippen LogP contribution in [0.25, 0.3) is 0 Å². The number of methoxy groups -OCH3 is 1. The molecule has 0 fully saturated rings. The van der Waals surface area contributed by atoms with E-state index >= 15 is 0 Å². The Hall–Kier alpha value is -2.85. The van der Waals surface area contributed by atoms with Gasteiger partial charge in [-0.2, -0.15) is 0 Å². The van der Waals surface area contributed by atoms with Crippen LogP contribution in [0.5, 0.6) is 0 Å². The Morgan fingerprint density at radius 3 is 2.67 bits per heavy atom. The van der Waals surface area contributed by atoms with Crippen molar-refractivity contribution in [3.63, 3.8) is 0 Å². The topological polar surface area (TPSA) is 103 Å². The number of esters is 1. The summed E-state index contributed by atoms with van der Waals surface area (Å²) in [6.45, 7) is 0. The molecule has 8 nitrogen and oxygen atoms in total. The highest BCUT2D eigenvalue weighted by Crippen LogP contribution is 2.33. The molecule has 2 aromatic carbocycles. The first-order valence-corrected chi connectivity index (χ1v) is 10.0. The molecule has 0 radical (unpaired) electrons. The molecule has 1 aromatic heterocycles. The van der Waals surface area contributed by atoms with Crippen LogP contribution in [0.3, 0.4) is 0 Å². The van der Waals surface area contributed by atoms with Crippen molar-refractivity contribution in [1.82, 2.24) is 14.8 Å². The quantitative estimate of drug-likeness (QED) is 0.630. The fourth-order valence-electron chi connectivity index (χ4n) is 2.22. The van der Waals surface area contributed by atoms with Crippen molar-refractivity contribution in [1.29, 1.82) is 0 Å². The molecular weight excluding hydrogens is 388 g/mol. The van der Waals surface area contributed by atoms with Gasteiger partial charge in [0.05, 0.1) is 23.3 Å². The molecule has 0 atom stereocenters. The molecule has 1 heterocycles. The summed E-state index contributed by atoms with van der Waals surface area (Å²) in [7, 11) is -0.866. The predicted molar refractivity (Wildman–Crippen MR) is 100 cm³/mol. The summed E-state index contributed by atoms with van der Waals surface area (Å²) in [4.78, 5) is 12.3. The van der Waals surface area contributed by atoms with Gasteiger partial charge in [0.15, 0.2) is 5.16 Å². The molecule has 0 aliphatic carbocycles. The summed E-state index contributed by atoms with van der Waals surface area (Å²) in [5.74, 6) is -0.606. The standard InChI is InChI=1S/C17H16N4O4S2/c1-21-11-18-19-17(21)26-15-9-4-3-8-14(15)20-27(23,24)13-7-5-6-12(10-13)16(22)25-2/h3-11,20H,1-2H3. The van der Waals surface area contributed by atoms with Crippen molar-refractivity contribution in [3.05, 3.63) is 60.4 Å². The number of nitrogens with one attached hydrogen (secondary N) is 1. The van der Waals surface area contributed by atoms with E-state index in [0.29, 0.717) is 15.7 Å². The first kappa shape index (κ1) is 18.9. The SMILES string of the molecule is COC(=O)c1cccc(S(=O)(=O)Nc2ccccc2Sc2nncn2C)c1. The number of anilines is 1. The van der Waals surface area contributed by atoms with E-state index in [0.717, 1.165) is 0 Å². The van der Waals surface area contributed by atoms with Gasteiger partial charge in [0.1, 0.15) is 6.33 Å². The number of aromatic nitrogens is 3. The van der Waals surface area contributed by atoms with Crippen molar-refractivity contribution in [2.45, 2.75) is 14.9 Å². The van der Waals surface area contributed by atoms with Gasteiger partial charge in [-0.1, -0.05) is 18.2 Å². The van der Waals surface area contributed by atoms with Crippen molar-refractivity contribution in [2.75, 3.05) is 11.8 Å². The number of carbonyl (C=O) groups is 1. The Morgan fingerprint density at radius 1 is 1.19 bits per heavy atom. The third kappa shape index (κ3) is 4.29.